The highest BCUT2D eigenvalue weighted by Crippen LogP contribution is 1.95. The SMILES string of the molecule is CN=C(NCCc1cccnc1)NCCc1ccccn1.I. The molecule has 0 atom stereocenters. The fraction of sp³-hybridized carbons (Fsp3) is 0.312. The van der Waals surface area contributed by atoms with Gasteiger partial charge in [-0.05, 0) is 30.2 Å². The molecule has 0 bridgehead atoms. The van der Waals surface area contributed by atoms with Crippen LogP contribution in [-0.4, -0.2) is 36.1 Å². The molecule has 2 aromatic rings. The van der Waals surface area contributed by atoms with Gasteiger partial charge in [0.05, 0.1) is 0 Å². The molecular weight excluding hydrogens is 389 g/mol. The van der Waals surface area contributed by atoms with Gasteiger partial charge >= 0.3 is 0 Å². The van der Waals surface area contributed by atoms with Gasteiger partial charge in [-0.2, -0.15) is 0 Å². The van der Waals surface area contributed by atoms with Gasteiger partial charge in [0.25, 0.3) is 0 Å². The number of guanidine groups is 1. The van der Waals surface area contributed by atoms with Gasteiger partial charge in [-0.3, -0.25) is 15.0 Å². The third-order valence-corrected chi connectivity index (χ3v) is 3.05. The van der Waals surface area contributed by atoms with Crippen LogP contribution in [0.3, 0.4) is 0 Å². The summed E-state index contributed by atoms with van der Waals surface area (Å²) in [5.41, 5.74) is 2.30. The Bertz CT molecular complexity index is 497. The standard InChI is InChI=1S/C16H21N5.HI/c1-17-16(20-11-7-14-5-4-9-18-13-14)21-12-8-15-6-2-3-10-19-15;/h2-6,9-10,13H,7-8,11-12H2,1H3,(H2,17,20,21);1H. The van der Waals surface area contributed by atoms with Crippen LogP contribution < -0.4 is 10.6 Å². The molecule has 0 spiro atoms. The van der Waals surface area contributed by atoms with Crippen molar-refractivity contribution < 1.29 is 0 Å². The molecule has 0 aliphatic heterocycles. The summed E-state index contributed by atoms with van der Waals surface area (Å²) < 4.78 is 0. The Morgan fingerprint density at radius 3 is 2.50 bits per heavy atom. The Balaban J connectivity index is 0.00000242. The quantitative estimate of drug-likeness (QED) is 0.434. The maximum Gasteiger partial charge on any atom is 0.190 e. The lowest BCUT2D eigenvalue weighted by Gasteiger charge is -2.11. The van der Waals surface area contributed by atoms with Crippen molar-refractivity contribution in [3.63, 3.8) is 0 Å². The van der Waals surface area contributed by atoms with Crippen molar-refractivity contribution in [1.29, 1.82) is 0 Å². The average molecular weight is 411 g/mol. The number of pyridine rings is 2. The molecule has 0 aliphatic rings. The molecular formula is C16H22IN5. The van der Waals surface area contributed by atoms with Crippen LogP contribution >= 0.6 is 24.0 Å². The minimum absolute atomic E-state index is 0. The van der Waals surface area contributed by atoms with Gasteiger partial charge in [0.2, 0.25) is 0 Å². The van der Waals surface area contributed by atoms with Crippen LogP contribution in [-0.2, 0) is 12.8 Å². The van der Waals surface area contributed by atoms with Gasteiger partial charge in [0.1, 0.15) is 0 Å². The molecule has 118 valence electrons. The van der Waals surface area contributed by atoms with E-state index in [9.17, 15) is 0 Å². The summed E-state index contributed by atoms with van der Waals surface area (Å²) in [7, 11) is 1.78. The second kappa shape index (κ2) is 10.9. The third-order valence-electron chi connectivity index (χ3n) is 3.05. The number of halogens is 1. The first-order valence-electron chi connectivity index (χ1n) is 7.12. The van der Waals surface area contributed by atoms with Crippen LogP contribution in [0.4, 0.5) is 0 Å². The molecule has 0 fully saturated rings. The van der Waals surface area contributed by atoms with Crippen molar-refractivity contribution >= 4 is 29.9 Å². The zero-order valence-electron chi connectivity index (χ0n) is 12.7. The summed E-state index contributed by atoms with van der Waals surface area (Å²) in [5.74, 6) is 0.815. The fourth-order valence-electron chi connectivity index (χ4n) is 1.95. The highest BCUT2D eigenvalue weighted by atomic mass is 127. The normalized spacial score (nSPS) is 10.7. The van der Waals surface area contributed by atoms with Crippen molar-refractivity contribution in [1.82, 2.24) is 20.6 Å². The van der Waals surface area contributed by atoms with Crippen LogP contribution in [0.1, 0.15) is 11.3 Å². The number of hydrogen-bond acceptors (Lipinski definition) is 3. The molecule has 2 N–H and O–H groups in total. The van der Waals surface area contributed by atoms with Gasteiger partial charge < -0.3 is 10.6 Å². The lowest BCUT2D eigenvalue weighted by atomic mass is 10.2. The summed E-state index contributed by atoms with van der Waals surface area (Å²) in [4.78, 5) is 12.6. The molecule has 0 amide bonds. The Hall–Kier alpha value is -1.70. The monoisotopic (exact) mass is 411 g/mol. The zero-order chi connectivity index (χ0) is 14.8. The van der Waals surface area contributed by atoms with Crippen LogP contribution in [0.25, 0.3) is 0 Å². The van der Waals surface area contributed by atoms with E-state index in [1.54, 1.807) is 13.2 Å². The molecule has 0 aromatic carbocycles. The largest absolute Gasteiger partial charge is 0.356 e. The van der Waals surface area contributed by atoms with Crippen molar-refractivity contribution in [2.24, 2.45) is 4.99 Å². The van der Waals surface area contributed by atoms with E-state index in [-0.39, 0.29) is 24.0 Å². The van der Waals surface area contributed by atoms with E-state index < -0.39 is 0 Å². The van der Waals surface area contributed by atoms with Crippen molar-refractivity contribution in [3.05, 3.63) is 60.2 Å². The van der Waals surface area contributed by atoms with Gasteiger partial charge in [0.15, 0.2) is 5.96 Å². The summed E-state index contributed by atoms with van der Waals surface area (Å²) in [6.45, 7) is 1.64. The fourth-order valence-corrected chi connectivity index (χ4v) is 1.95. The number of aromatic nitrogens is 2. The van der Waals surface area contributed by atoms with E-state index in [0.717, 1.165) is 37.6 Å². The third kappa shape index (κ3) is 6.84. The van der Waals surface area contributed by atoms with Crippen LogP contribution in [0.15, 0.2) is 53.9 Å². The Morgan fingerprint density at radius 1 is 1.05 bits per heavy atom. The van der Waals surface area contributed by atoms with Crippen molar-refractivity contribution in [3.8, 4) is 0 Å². The number of hydrogen-bond donors (Lipinski definition) is 2. The van der Waals surface area contributed by atoms with Crippen LogP contribution in [0.5, 0.6) is 0 Å². The number of nitrogens with one attached hydrogen (secondary N) is 2. The smallest absolute Gasteiger partial charge is 0.190 e. The second-order valence-electron chi connectivity index (χ2n) is 4.61. The first-order valence-corrected chi connectivity index (χ1v) is 7.12. The maximum atomic E-state index is 4.30. The summed E-state index contributed by atoms with van der Waals surface area (Å²) in [5, 5.41) is 6.58. The lowest BCUT2D eigenvalue weighted by molar-refractivity contribution is 0.775. The van der Waals surface area contributed by atoms with E-state index in [2.05, 4.69) is 31.7 Å². The minimum atomic E-state index is 0. The molecule has 2 heterocycles. The Morgan fingerprint density at radius 2 is 1.86 bits per heavy atom. The molecule has 0 unspecified atom stereocenters. The topological polar surface area (TPSA) is 62.2 Å². The lowest BCUT2D eigenvalue weighted by Crippen LogP contribution is -2.39. The average Bonchev–Trinajstić information content (AvgIpc) is 2.55. The Kier molecular flexibility index (Phi) is 9.13. The van der Waals surface area contributed by atoms with E-state index in [4.69, 9.17) is 0 Å². The van der Waals surface area contributed by atoms with Gasteiger partial charge in [-0.15, -0.1) is 24.0 Å². The highest BCUT2D eigenvalue weighted by Gasteiger charge is 1.98. The predicted octanol–water partition coefficient (Wildman–Crippen LogP) is 2.04. The zero-order valence-corrected chi connectivity index (χ0v) is 15.0. The molecule has 0 aliphatic carbocycles. The number of rotatable bonds is 6. The highest BCUT2D eigenvalue weighted by molar-refractivity contribution is 14.0. The minimum Gasteiger partial charge on any atom is -0.356 e. The number of aliphatic imine (C=N–C) groups is 1. The van der Waals surface area contributed by atoms with E-state index >= 15 is 0 Å². The molecule has 6 heteroatoms. The molecule has 2 rings (SSSR count). The van der Waals surface area contributed by atoms with E-state index in [0.29, 0.717) is 0 Å². The summed E-state index contributed by atoms with van der Waals surface area (Å²) >= 11 is 0. The van der Waals surface area contributed by atoms with Gasteiger partial charge in [0, 0.05) is 50.8 Å². The Labute approximate surface area is 148 Å². The summed E-state index contributed by atoms with van der Waals surface area (Å²) in [6.07, 6.45) is 7.29. The summed E-state index contributed by atoms with van der Waals surface area (Å²) in [6, 6.07) is 9.99. The van der Waals surface area contributed by atoms with Crippen LogP contribution in [0, 0.1) is 0 Å². The van der Waals surface area contributed by atoms with Gasteiger partial charge in [-0.1, -0.05) is 12.1 Å². The second-order valence-corrected chi connectivity index (χ2v) is 4.61. The van der Waals surface area contributed by atoms with Crippen LogP contribution in [0.2, 0.25) is 0 Å². The first kappa shape index (κ1) is 18.3. The molecule has 2 aromatic heterocycles. The van der Waals surface area contributed by atoms with Gasteiger partial charge in [-0.25, -0.2) is 0 Å². The first-order chi connectivity index (χ1) is 10.4. The molecule has 22 heavy (non-hydrogen) atoms. The van der Waals surface area contributed by atoms with E-state index in [1.807, 2.05) is 36.7 Å². The molecule has 0 saturated carbocycles. The molecule has 0 radical (unpaired) electrons. The molecule has 5 nitrogen and oxygen atoms in total. The van der Waals surface area contributed by atoms with E-state index in [1.165, 1.54) is 5.56 Å². The van der Waals surface area contributed by atoms with Crippen molar-refractivity contribution in [2.75, 3.05) is 20.1 Å². The maximum absolute atomic E-state index is 4.30. The predicted molar refractivity (Wildman–Crippen MR) is 101 cm³/mol. The van der Waals surface area contributed by atoms with Crippen molar-refractivity contribution in [2.45, 2.75) is 12.8 Å². The number of nitrogens with zero attached hydrogens (tertiary/aromatic N) is 3. The molecule has 0 saturated heterocycles.